The first-order valence-corrected chi connectivity index (χ1v) is 5.43. The molecule has 4 heteroatoms. The molecule has 1 fully saturated rings. The van der Waals surface area contributed by atoms with Crippen molar-refractivity contribution in [2.45, 2.75) is 25.3 Å². The Bertz CT molecular complexity index is 182. The molecule has 1 aliphatic rings. The van der Waals surface area contributed by atoms with Gasteiger partial charge in [0.25, 0.3) is 0 Å². The van der Waals surface area contributed by atoms with E-state index in [1.165, 1.54) is 0 Å². The minimum atomic E-state index is -0.735. The molecule has 1 amide bonds. The number of rotatable bonds is 5. The van der Waals surface area contributed by atoms with Gasteiger partial charge in [-0.3, -0.25) is 4.79 Å². The van der Waals surface area contributed by atoms with E-state index >= 15 is 0 Å². The molecule has 12 heavy (non-hydrogen) atoms. The Morgan fingerprint density at radius 3 is 2.58 bits per heavy atom. The van der Waals surface area contributed by atoms with Crippen molar-refractivity contribution in [3.8, 4) is 0 Å². The molecule has 0 aromatic carbocycles. The number of carbonyl (C=O) groups is 1. The first kappa shape index (κ1) is 9.86. The highest BCUT2D eigenvalue weighted by Crippen LogP contribution is 2.39. The van der Waals surface area contributed by atoms with Crippen LogP contribution >= 0.6 is 11.8 Å². The number of hydrogen-bond donors (Lipinski definition) is 2. The van der Waals surface area contributed by atoms with Gasteiger partial charge >= 0.3 is 0 Å². The van der Waals surface area contributed by atoms with Crippen LogP contribution in [0.3, 0.4) is 0 Å². The van der Waals surface area contributed by atoms with Crippen molar-refractivity contribution in [1.82, 2.24) is 0 Å². The van der Waals surface area contributed by atoms with E-state index in [1.807, 2.05) is 0 Å². The maximum atomic E-state index is 11.1. The molecule has 1 unspecified atom stereocenters. The van der Waals surface area contributed by atoms with Crippen LogP contribution in [0.15, 0.2) is 0 Å². The fourth-order valence-electron chi connectivity index (χ4n) is 1.26. The number of primary amides is 1. The van der Waals surface area contributed by atoms with Crippen LogP contribution in [0.5, 0.6) is 0 Å². The molecule has 0 spiro atoms. The lowest BCUT2D eigenvalue weighted by Crippen LogP contribution is -2.56. The Kier molecular flexibility index (Phi) is 3.01. The van der Waals surface area contributed by atoms with Gasteiger partial charge in [-0.2, -0.15) is 11.8 Å². The second-order valence-electron chi connectivity index (χ2n) is 3.32. The molecule has 1 aliphatic carbocycles. The van der Waals surface area contributed by atoms with E-state index in [4.69, 9.17) is 11.5 Å². The van der Waals surface area contributed by atoms with Gasteiger partial charge in [-0.1, -0.05) is 6.92 Å². The zero-order valence-corrected chi connectivity index (χ0v) is 8.19. The van der Waals surface area contributed by atoms with E-state index in [0.717, 1.165) is 18.6 Å². The highest BCUT2D eigenvalue weighted by Gasteiger charge is 2.46. The van der Waals surface area contributed by atoms with Crippen LogP contribution in [-0.2, 0) is 4.79 Å². The van der Waals surface area contributed by atoms with Crippen LogP contribution < -0.4 is 11.5 Å². The quantitative estimate of drug-likeness (QED) is 0.653. The van der Waals surface area contributed by atoms with Crippen LogP contribution in [0, 0.1) is 5.92 Å². The largest absolute Gasteiger partial charge is 0.368 e. The predicted octanol–water partition coefficient (Wildman–Crippen LogP) is 0.332. The average molecular weight is 188 g/mol. The Labute approximate surface area is 77.3 Å². The maximum absolute atomic E-state index is 11.1. The number of carbonyl (C=O) groups excluding carboxylic acids is 1. The first-order valence-electron chi connectivity index (χ1n) is 4.27. The molecule has 1 saturated carbocycles. The second-order valence-corrected chi connectivity index (χ2v) is 4.59. The maximum Gasteiger partial charge on any atom is 0.238 e. The van der Waals surface area contributed by atoms with Gasteiger partial charge in [0, 0.05) is 5.75 Å². The van der Waals surface area contributed by atoms with E-state index in [0.29, 0.717) is 11.7 Å². The lowest BCUT2D eigenvalue weighted by molar-refractivity contribution is -0.123. The van der Waals surface area contributed by atoms with Crippen molar-refractivity contribution < 1.29 is 4.79 Å². The summed E-state index contributed by atoms with van der Waals surface area (Å²) in [5, 5.41) is 0. The molecular weight excluding hydrogens is 172 g/mol. The van der Waals surface area contributed by atoms with Crippen molar-refractivity contribution in [2.24, 2.45) is 17.4 Å². The molecular formula is C8H16N2OS. The molecule has 1 atom stereocenters. The number of nitrogens with two attached hydrogens (primary N) is 2. The summed E-state index contributed by atoms with van der Waals surface area (Å²) in [5.74, 6) is 1.66. The number of amides is 1. The third-order valence-electron chi connectivity index (χ3n) is 2.31. The molecule has 0 aliphatic heterocycles. The van der Waals surface area contributed by atoms with Gasteiger partial charge in [0.2, 0.25) is 5.91 Å². The van der Waals surface area contributed by atoms with Gasteiger partial charge in [0.15, 0.2) is 0 Å². The van der Waals surface area contributed by atoms with E-state index in [-0.39, 0.29) is 5.91 Å². The summed E-state index contributed by atoms with van der Waals surface area (Å²) in [5.41, 5.74) is 10.5. The molecule has 4 N–H and O–H groups in total. The van der Waals surface area contributed by atoms with Crippen molar-refractivity contribution >= 4 is 17.7 Å². The van der Waals surface area contributed by atoms with Crippen LogP contribution in [0.4, 0.5) is 0 Å². The Hall–Kier alpha value is -0.220. The summed E-state index contributed by atoms with van der Waals surface area (Å²) in [6.45, 7) is 2.05. The standard InChI is InChI=1S/C8H16N2OS/c1-2-12-5-8(10,7(9)11)6-3-4-6/h6H,2-5,10H2,1H3,(H2,9,11). The summed E-state index contributed by atoms with van der Waals surface area (Å²) >= 11 is 1.69. The van der Waals surface area contributed by atoms with Gasteiger partial charge in [-0.05, 0) is 24.5 Å². The fraction of sp³-hybridized carbons (Fsp3) is 0.875. The van der Waals surface area contributed by atoms with E-state index in [9.17, 15) is 4.79 Å². The summed E-state index contributed by atoms with van der Waals surface area (Å²) in [6.07, 6.45) is 2.12. The highest BCUT2D eigenvalue weighted by molar-refractivity contribution is 7.99. The average Bonchev–Trinajstić information content (AvgIpc) is 2.82. The van der Waals surface area contributed by atoms with Crippen LogP contribution in [0.25, 0.3) is 0 Å². The second kappa shape index (κ2) is 3.66. The molecule has 0 aromatic rings. The topological polar surface area (TPSA) is 69.1 Å². The SMILES string of the molecule is CCSCC(N)(C(N)=O)C1CC1. The van der Waals surface area contributed by atoms with Crippen LogP contribution in [-0.4, -0.2) is 23.0 Å². The highest BCUT2D eigenvalue weighted by atomic mass is 32.2. The molecule has 3 nitrogen and oxygen atoms in total. The van der Waals surface area contributed by atoms with Gasteiger partial charge in [0.1, 0.15) is 5.54 Å². The van der Waals surface area contributed by atoms with E-state index in [2.05, 4.69) is 6.92 Å². The molecule has 70 valence electrons. The zero-order valence-electron chi connectivity index (χ0n) is 7.38. The fourth-order valence-corrected chi connectivity index (χ4v) is 2.18. The van der Waals surface area contributed by atoms with Crippen molar-refractivity contribution in [3.63, 3.8) is 0 Å². The third-order valence-corrected chi connectivity index (χ3v) is 3.40. The molecule has 0 saturated heterocycles. The lowest BCUT2D eigenvalue weighted by Gasteiger charge is -2.24. The summed E-state index contributed by atoms with van der Waals surface area (Å²) in [7, 11) is 0. The minimum absolute atomic E-state index is 0.342. The number of thioether (sulfide) groups is 1. The molecule has 0 radical (unpaired) electrons. The zero-order chi connectivity index (χ0) is 9.19. The van der Waals surface area contributed by atoms with E-state index in [1.54, 1.807) is 11.8 Å². The van der Waals surface area contributed by atoms with Crippen molar-refractivity contribution in [2.75, 3.05) is 11.5 Å². The third kappa shape index (κ3) is 1.93. The van der Waals surface area contributed by atoms with Gasteiger partial charge < -0.3 is 11.5 Å². The Morgan fingerprint density at radius 2 is 2.25 bits per heavy atom. The molecule has 0 heterocycles. The first-order chi connectivity index (χ1) is 5.61. The summed E-state index contributed by atoms with van der Waals surface area (Å²) in [4.78, 5) is 11.1. The van der Waals surface area contributed by atoms with Gasteiger partial charge in [-0.25, -0.2) is 0 Å². The predicted molar refractivity (Wildman–Crippen MR) is 51.8 cm³/mol. The van der Waals surface area contributed by atoms with Crippen LogP contribution in [0.2, 0.25) is 0 Å². The lowest BCUT2D eigenvalue weighted by atomic mass is 9.96. The molecule has 1 rings (SSSR count). The van der Waals surface area contributed by atoms with Crippen molar-refractivity contribution in [1.29, 1.82) is 0 Å². The Morgan fingerprint density at radius 1 is 1.67 bits per heavy atom. The van der Waals surface area contributed by atoms with Gasteiger partial charge in [-0.15, -0.1) is 0 Å². The molecule has 0 bridgehead atoms. The van der Waals surface area contributed by atoms with Crippen LogP contribution in [0.1, 0.15) is 19.8 Å². The molecule has 0 aromatic heterocycles. The summed E-state index contributed by atoms with van der Waals surface area (Å²) < 4.78 is 0. The van der Waals surface area contributed by atoms with E-state index < -0.39 is 5.54 Å². The smallest absolute Gasteiger partial charge is 0.238 e. The van der Waals surface area contributed by atoms with Crippen molar-refractivity contribution in [3.05, 3.63) is 0 Å². The Balaban J connectivity index is 2.52. The normalized spacial score (nSPS) is 21.8. The van der Waals surface area contributed by atoms with Gasteiger partial charge in [0.05, 0.1) is 0 Å². The summed E-state index contributed by atoms with van der Waals surface area (Å²) in [6, 6.07) is 0. The monoisotopic (exact) mass is 188 g/mol. The minimum Gasteiger partial charge on any atom is -0.368 e. The number of hydrogen-bond acceptors (Lipinski definition) is 3.